The molecule has 0 saturated carbocycles. The maximum atomic E-state index is 3.60. The molecule has 34 valence electrons. The third-order valence-corrected chi connectivity index (χ3v) is 0.627. The van der Waals surface area contributed by atoms with Crippen LogP contribution in [0, 0.1) is 6.92 Å². The van der Waals surface area contributed by atoms with E-state index >= 15 is 0 Å². The van der Waals surface area contributed by atoms with Gasteiger partial charge in [-0.15, -0.1) is 0 Å². The van der Waals surface area contributed by atoms with Crippen molar-refractivity contribution in [3.05, 3.63) is 19.1 Å². The van der Waals surface area contributed by atoms with Crippen molar-refractivity contribution < 1.29 is 15.9 Å². The van der Waals surface area contributed by atoms with Crippen LogP contribution < -0.4 is 0 Å². The number of hydrogen-bond donors (Lipinski definition) is 0. The van der Waals surface area contributed by atoms with E-state index in [1.807, 2.05) is 17.0 Å². The van der Waals surface area contributed by atoms with E-state index in [0.717, 1.165) is 6.42 Å². The molecule has 0 nitrogen and oxygen atoms in total. The van der Waals surface area contributed by atoms with E-state index in [1.54, 1.807) is 0 Å². The quantitative estimate of drug-likeness (QED) is 0.478. The topological polar surface area (TPSA) is 0 Å². The van der Waals surface area contributed by atoms with E-state index in [1.165, 1.54) is 0 Å². The van der Waals surface area contributed by atoms with Gasteiger partial charge in [0.2, 0.25) is 0 Å². The van der Waals surface area contributed by atoms with Gasteiger partial charge in [-0.25, -0.2) is 0 Å². The molecule has 0 aromatic heterocycles. The summed E-state index contributed by atoms with van der Waals surface area (Å²) in [5.41, 5.74) is 0. The monoisotopic (exact) mass is 119 g/mol. The van der Waals surface area contributed by atoms with Gasteiger partial charge in [0.05, 0.1) is 0 Å². The average molecular weight is 119 g/mol. The van der Waals surface area contributed by atoms with Crippen molar-refractivity contribution in [2.45, 2.75) is 6.42 Å². The molecule has 0 aliphatic carbocycles. The molecule has 0 bridgehead atoms. The molecule has 0 spiro atoms. The predicted molar refractivity (Wildman–Crippen MR) is 25.2 cm³/mol. The molecule has 0 fully saturated rings. The molecule has 0 aliphatic rings. The fourth-order valence-electron chi connectivity index (χ4n) is 0.152. The van der Waals surface area contributed by atoms with E-state index in [9.17, 15) is 0 Å². The van der Waals surface area contributed by atoms with E-state index in [-0.39, 0.29) is 0 Å². The molecule has 6 heavy (non-hydrogen) atoms. The van der Waals surface area contributed by atoms with Crippen LogP contribution in [0.4, 0.5) is 0 Å². The van der Waals surface area contributed by atoms with Gasteiger partial charge in [-0.3, -0.25) is 0 Å². The van der Waals surface area contributed by atoms with Gasteiger partial charge >= 0.3 is 46.2 Å². The van der Waals surface area contributed by atoms with E-state index in [2.05, 4.69) is 22.8 Å². The Labute approximate surface area is 46.8 Å². The SMILES string of the molecule is [CH2-]C/C=C\[CH]=[Cr]. The second-order valence-electron chi connectivity index (χ2n) is 0.853. The van der Waals surface area contributed by atoms with Gasteiger partial charge < -0.3 is 0 Å². The number of hydrogen-bond acceptors (Lipinski definition) is 0. The molecule has 0 aliphatic heterocycles. The van der Waals surface area contributed by atoms with Crippen molar-refractivity contribution in [1.82, 2.24) is 0 Å². The molecule has 0 aromatic rings. The Morgan fingerprint density at radius 3 is 2.50 bits per heavy atom. The minimum absolute atomic E-state index is 0.873. The van der Waals surface area contributed by atoms with Crippen molar-refractivity contribution in [3.63, 3.8) is 0 Å². The standard InChI is InChI=1S/C5H7.Cr/c1-3-5-4-2;/h1,3,5H,2,4H2;/q-1;/b5-3-;. The van der Waals surface area contributed by atoms with Gasteiger partial charge in [-0.05, 0) is 0 Å². The van der Waals surface area contributed by atoms with Crippen LogP contribution in [0.15, 0.2) is 12.2 Å². The second-order valence-corrected chi connectivity index (χ2v) is 1.28. The maximum absolute atomic E-state index is 3.60. The van der Waals surface area contributed by atoms with E-state index < -0.39 is 0 Å². The molecule has 0 heterocycles. The summed E-state index contributed by atoms with van der Waals surface area (Å²) < 4.78 is 0. The molecule has 1 heteroatoms. The van der Waals surface area contributed by atoms with Crippen LogP contribution in [0.3, 0.4) is 0 Å². The predicted octanol–water partition coefficient (Wildman–Crippen LogP) is 1.12. The summed E-state index contributed by atoms with van der Waals surface area (Å²) in [6.45, 7) is 3.60. The Morgan fingerprint density at radius 2 is 2.33 bits per heavy atom. The van der Waals surface area contributed by atoms with Crippen LogP contribution in [0.25, 0.3) is 0 Å². The summed E-state index contributed by atoms with van der Waals surface area (Å²) in [5.74, 6) is 0. The molecular formula is C5H7Cr-. The van der Waals surface area contributed by atoms with Crippen molar-refractivity contribution in [1.29, 1.82) is 0 Å². The molecular weight excluding hydrogens is 112 g/mol. The minimum atomic E-state index is 0.873. The molecule has 0 unspecified atom stereocenters. The molecule has 0 aromatic carbocycles. The molecule has 0 amide bonds. The van der Waals surface area contributed by atoms with Gasteiger partial charge in [-0.2, -0.15) is 0 Å². The van der Waals surface area contributed by atoms with Crippen molar-refractivity contribution in [2.75, 3.05) is 0 Å². The summed E-state index contributed by atoms with van der Waals surface area (Å²) in [5, 5.41) is 0. The zero-order valence-corrected chi connectivity index (χ0v) is 4.83. The van der Waals surface area contributed by atoms with Crippen LogP contribution >= 0.6 is 0 Å². The third-order valence-electron chi connectivity index (χ3n) is 0.381. The van der Waals surface area contributed by atoms with Gasteiger partial charge in [0, 0.05) is 0 Å². The fraction of sp³-hybridized carbons (Fsp3) is 0.200. The zero-order chi connectivity index (χ0) is 4.83. The first-order valence-corrected chi connectivity index (χ1v) is 2.55. The molecule has 0 rings (SSSR count). The first-order valence-electron chi connectivity index (χ1n) is 1.81. The third kappa shape index (κ3) is 4.14. The van der Waals surface area contributed by atoms with Gasteiger partial charge in [0.1, 0.15) is 0 Å². The number of allylic oxidation sites excluding steroid dienone is 2. The normalized spacial score (nSPS) is 9.50. The van der Waals surface area contributed by atoms with Gasteiger partial charge in [-0.1, -0.05) is 0 Å². The number of rotatable bonds is 2. The van der Waals surface area contributed by atoms with Gasteiger partial charge in [0.15, 0.2) is 0 Å². The zero-order valence-electron chi connectivity index (χ0n) is 3.55. The Hall–Kier alpha value is 0.142. The summed E-state index contributed by atoms with van der Waals surface area (Å²) in [4.78, 5) is 1.87. The molecule has 0 saturated heterocycles. The summed E-state index contributed by atoms with van der Waals surface area (Å²) in [7, 11) is 0. The second kappa shape index (κ2) is 5.14. The molecule has 0 N–H and O–H groups in total. The Bertz CT molecular complexity index is 55.0. The van der Waals surface area contributed by atoms with Crippen molar-refractivity contribution >= 4 is 4.88 Å². The van der Waals surface area contributed by atoms with Crippen molar-refractivity contribution in [3.8, 4) is 0 Å². The summed E-state index contributed by atoms with van der Waals surface area (Å²) in [6.07, 6.45) is 4.79. The van der Waals surface area contributed by atoms with Crippen LogP contribution in [0.1, 0.15) is 6.42 Å². The van der Waals surface area contributed by atoms with Crippen molar-refractivity contribution in [2.24, 2.45) is 0 Å². The van der Waals surface area contributed by atoms with E-state index in [0.29, 0.717) is 0 Å². The Balaban J connectivity index is 2.94. The first-order chi connectivity index (χ1) is 2.91. The van der Waals surface area contributed by atoms with Crippen LogP contribution in [0.2, 0.25) is 0 Å². The van der Waals surface area contributed by atoms with Crippen LogP contribution in [-0.4, -0.2) is 4.88 Å². The summed E-state index contributed by atoms with van der Waals surface area (Å²) in [6, 6.07) is 0. The Morgan fingerprint density at radius 1 is 1.67 bits per heavy atom. The molecule has 0 atom stereocenters. The average Bonchev–Trinajstić information content (AvgIpc) is 1.61. The molecule has 0 radical (unpaired) electrons. The van der Waals surface area contributed by atoms with Crippen LogP contribution in [-0.2, 0) is 15.9 Å². The fourth-order valence-corrected chi connectivity index (χ4v) is 0.325. The first kappa shape index (κ1) is 6.14. The Kier molecular flexibility index (Phi) is 5.26. The van der Waals surface area contributed by atoms with Crippen LogP contribution in [0.5, 0.6) is 0 Å². The van der Waals surface area contributed by atoms with E-state index in [4.69, 9.17) is 0 Å². The van der Waals surface area contributed by atoms with Gasteiger partial charge in [0.25, 0.3) is 0 Å². The summed E-state index contributed by atoms with van der Waals surface area (Å²) >= 11 is 2.74.